The first kappa shape index (κ1) is 14.0. The van der Waals surface area contributed by atoms with E-state index in [9.17, 15) is 4.39 Å². The lowest BCUT2D eigenvalue weighted by Crippen LogP contribution is -2.49. The second-order valence-corrected chi connectivity index (χ2v) is 5.32. The highest BCUT2D eigenvalue weighted by Crippen LogP contribution is 2.24. The van der Waals surface area contributed by atoms with Gasteiger partial charge in [-0.1, -0.05) is 6.92 Å². The van der Waals surface area contributed by atoms with Crippen molar-refractivity contribution in [3.05, 3.63) is 12.0 Å². The normalized spacial score (nSPS) is 18.4. The summed E-state index contributed by atoms with van der Waals surface area (Å²) in [5.74, 6) is 0.437. The summed E-state index contributed by atoms with van der Waals surface area (Å²) in [4.78, 5) is 10.1. The van der Waals surface area contributed by atoms with Crippen molar-refractivity contribution < 1.29 is 9.13 Å². The number of aromatic nitrogens is 2. The lowest BCUT2D eigenvalue weighted by atomic mass is 10.1. The van der Waals surface area contributed by atoms with Gasteiger partial charge in [0.05, 0.1) is 18.4 Å². The molecule has 1 fully saturated rings. The molecule has 1 aliphatic heterocycles. The molecule has 5 nitrogen and oxygen atoms in total. The van der Waals surface area contributed by atoms with E-state index in [4.69, 9.17) is 4.74 Å². The van der Waals surface area contributed by atoms with Crippen molar-refractivity contribution >= 4 is 11.8 Å². The molecule has 2 rings (SSSR count). The van der Waals surface area contributed by atoms with Crippen molar-refractivity contribution in [2.45, 2.75) is 32.8 Å². The lowest BCUT2D eigenvalue weighted by molar-refractivity contribution is -0.0280. The standard InChI is InChI=1S/C13H21FN4O/c1-4-5-15-12-16-8-10(14)11(17-12)18-6-7-19-13(2,3)9-18/h8H,4-7,9H2,1-3H3,(H,15,16,17). The number of hydrogen-bond acceptors (Lipinski definition) is 5. The van der Waals surface area contributed by atoms with Gasteiger partial charge in [-0.3, -0.25) is 0 Å². The van der Waals surface area contributed by atoms with Gasteiger partial charge in [0.2, 0.25) is 5.95 Å². The van der Waals surface area contributed by atoms with Crippen LogP contribution in [0.15, 0.2) is 6.20 Å². The van der Waals surface area contributed by atoms with Gasteiger partial charge in [-0.25, -0.2) is 9.37 Å². The molecule has 1 saturated heterocycles. The third-order valence-corrected chi connectivity index (χ3v) is 2.98. The first-order chi connectivity index (χ1) is 9.02. The highest BCUT2D eigenvalue weighted by molar-refractivity contribution is 5.44. The van der Waals surface area contributed by atoms with Gasteiger partial charge in [-0.2, -0.15) is 4.98 Å². The SMILES string of the molecule is CCCNc1ncc(F)c(N2CCOC(C)(C)C2)n1. The van der Waals surface area contributed by atoms with Crippen LogP contribution in [0.4, 0.5) is 16.2 Å². The van der Waals surface area contributed by atoms with Crippen LogP contribution in [0.5, 0.6) is 0 Å². The molecule has 6 heteroatoms. The molecule has 0 spiro atoms. The van der Waals surface area contributed by atoms with E-state index in [1.165, 1.54) is 6.20 Å². The van der Waals surface area contributed by atoms with Gasteiger partial charge in [-0.05, 0) is 20.3 Å². The maximum absolute atomic E-state index is 13.9. The van der Waals surface area contributed by atoms with Gasteiger partial charge in [0.25, 0.3) is 0 Å². The molecule has 0 atom stereocenters. The number of hydrogen-bond donors (Lipinski definition) is 1. The van der Waals surface area contributed by atoms with Crippen molar-refractivity contribution in [2.75, 3.05) is 36.5 Å². The molecule has 0 unspecified atom stereocenters. The van der Waals surface area contributed by atoms with Crippen LogP contribution in [0, 0.1) is 5.82 Å². The number of morpholine rings is 1. The number of nitrogens with zero attached hydrogens (tertiary/aromatic N) is 3. The Bertz CT molecular complexity index is 439. The van der Waals surface area contributed by atoms with Crippen molar-refractivity contribution in [1.82, 2.24) is 9.97 Å². The second-order valence-electron chi connectivity index (χ2n) is 5.32. The Hall–Kier alpha value is -1.43. The van der Waals surface area contributed by atoms with Gasteiger partial charge in [-0.15, -0.1) is 0 Å². The summed E-state index contributed by atoms with van der Waals surface area (Å²) in [5.41, 5.74) is -0.285. The van der Waals surface area contributed by atoms with E-state index in [0.29, 0.717) is 31.5 Å². The molecule has 0 radical (unpaired) electrons. The third-order valence-electron chi connectivity index (χ3n) is 2.98. The van der Waals surface area contributed by atoms with E-state index < -0.39 is 0 Å². The van der Waals surface area contributed by atoms with E-state index >= 15 is 0 Å². The largest absolute Gasteiger partial charge is 0.372 e. The fraction of sp³-hybridized carbons (Fsp3) is 0.692. The lowest BCUT2D eigenvalue weighted by Gasteiger charge is -2.38. The fourth-order valence-corrected chi connectivity index (χ4v) is 2.10. The zero-order valence-electron chi connectivity index (χ0n) is 11.7. The highest BCUT2D eigenvalue weighted by atomic mass is 19.1. The van der Waals surface area contributed by atoms with Crippen molar-refractivity contribution in [2.24, 2.45) is 0 Å². The van der Waals surface area contributed by atoms with E-state index in [-0.39, 0.29) is 11.4 Å². The molecule has 1 aliphatic rings. The first-order valence-corrected chi connectivity index (χ1v) is 6.67. The topological polar surface area (TPSA) is 50.3 Å². The molecule has 1 aromatic rings. The predicted molar refractivity (Wildman–Crippen MR) is 73.0 cm³/mol. The van der Waals surface area contributed by atoms with Gasteiger partial charge in [0, 0.05) is 19.6 Å². The smallest absolute Gasteiger partial charge is 0.224 e. The van der Waals surface area contributed by atoms with Crippen LogP contribution in [0.3, 0.4) is 0 Å². The number of anilines is 2. The van der Waals surface area contributed by atoms with Crippen LogP contribution in [-0.4, -0.2) is 41.8 Å². The van der Waals surface area contributed by atoms with Crippen LogP contribution in [0.25, 0.3) is 0 Å². The summed E-state index contributed by atoms with van der Waals surface area (Å²) in [7, 11) is 0. The Morgan fingerprint density at radius 1 is 1.53 bits per heavy atom. The molecule has 0 aromatic carbocycles. The predicted octanol–water partition coefficient (Wildman–Crippen LogP) is 2.05. The minimum absolute atomic E-state index is 0.285. The Morgan fingerprint density at radius 2 is 2.32 bits per heavy atom. The molecule has 0 amide bonds. The van der Waals surface area contributed by atoms with Crippen LogP contribution in [-0.2, 0) is 4.74 Å². The maximum Gasteiger partial charge on any atom is 0.224 e. The molecule has 2 heterocycles. The average Bonchev–Trinajstić information content (AvgIpc) is 2.36. The summed E-state index contributed by atoms with van der Waals surface area (Å²) >= 11 is 0. The molecule has 0 aliphatic carbocycles. The van der Waals surface area contributed by atoms with E-state index in [1.54, 1.807) is 0 Å². The number of ether oxygens (including phenoxy) is 1. The maximum atomic E-state index is 13.9. The highest BCUT2D eigenvalue weighted by Gasteiger charge is 2.29. The summed E-state index contributed by atoms with van der Waals surface area (Å²) < 4.78 is 19.5. The van der Waals surface area contributed by atoms with Gasteiger partial charge < -0.3 is 15.0 Å². The summed E-state index contributed by atoms with van der Waals surface area (Å²) in [6.45, 7) is 8.66. The summed E-state index contributed by atoms with van der Waals surface area (Å²) in [6, 6.07) is 0. The minimum Gasteiger partial charge on any atom is -0.372 e. The second kappa shape index (κ2) is 5.69. The van der Waals surface area contributed by atoms with E-state index in [2.05, 4.69) is 22.2 Å². The number of rotatable bonds is 4. The molecule has 106 valence electrons. The zero-order valence-corrected chi connectivity index (χ0v) is 11.7. The molecule has 1 N–H and O–H groups in total. The summed E-state index contributed by atoms with van der Waals surface area (Å²) in [5, 5.41) is 3.07. The molecular formula is C13H21FN4O. The molecule has 1 aromatic heterocycles. The van der Waals surface area contributed by atoms with Gasteiger partial charge in [0.1, 0.15) is 0 Å². The Kier molecular flexibility index (Phi) is 4.19. The van der Waals surface area contributed by atoms with Crippen LogP contribution in [0.1, 0.15) is 27.2 Å². The third kappa shape index (κ3) is 3.53. The van der Waals surface area contributed by atoms with Crippen molar-refractivity contribution in [1.29, 1.82) is 0 Å². The average molecular weight is 268 g/mol. The molecular weight excluding hydrogens is 247 g/mol. The van der Waals surface area contributed by atoms with Crippen LogP contribution < -0.4 is 10.2 Å². The Balaban J connectivity index is 2.18. The van der Waals surface area contributed by atoms with Crippen molar-refractivity contribution in [3.63, 3.8) is 0 Å². The van der Waals surface area contributed by atoms with E-state index in [1.807, 2.05) is 18.7 Å². The van der Waals surface area contributed by atoms with Crippen molar-refractivity contribution in [3.8, 4) is 0 Å². The van der Waals surface area contributed by atoms with Crippen LogP contribution in [0.2, 0.25) is 0 Å². The Morgan fingerprint density at radius 3 is 3.00 bits per heavy atom. The van der Waals surface area contributed by atoms with E-state index in [0.717, 1.165) is 13.0 Å². The van der Waals surface area contributed by atoms with Gasteiger partial charge in [0.15, 0.2) is 11.6 Å². The quantitative estimate of drug-likeness (QED) is 0.905. The monoisotopic (exact) mass is 268 g/mol. The van der Waals surface area contributed by atoms with Crippen LogP contribution >= 0.6 is 0 Å². The zero-order chi connectivity index (χ0) is 13.9. The van der Waals surface area contributed by atoms with Gasteiger partial charge >= 0.3 is 0 Å². The first-order valence-electron chi connectivity index (χ1n) is 6.67. The minimum atomic E-state index is -0.389. The number of nitrogens with one attached hydrogen (secondary N) is 1. The molecule has 0 saturated carbocycles. The fourth-order valence-electron chi connectivity index (χ4n) is 2.10. The molecule has 19 heavy (non-hydrogen) atoms. The number of halogens is 1. The summed E-state index contributed by atoms with van der Waals surface area (Å²) in [6.07, 6.45) is 2.20. The Labute approximate surface area is 113 Å². The molecule has 0 bridgehead atoms.